The van der Waals surface area contributed by atoms with Crippen LogP contribution in [-0.4, -0.2) is 15.0 Å². The van der Waals surface area contributed by atoms with Crippen LogP contribution in [0.2, 0.25) is 0 Å². The Hall–Kier alpha value is -6.33. The zero-order valence-electron chi connectivity index (χ0n) is 24.4. The fourth-order valence-corrected chi connectivity index (χ4v) is 6.81. The van der Waals surface area contributed by atoms with E-state index < -0.39 is 0 Å². The minimum Gasteiger partial charge on any atom is -0.455 e. The van der Waals surface area contributed by atoms with E-state index in [1.54, 1.807) is 0 Å². The van der Waals surface area contributed by atoms with Gasteiger partial charge in [-0.1, -0.05) is 115 Å². The van der Waals surface area contributed by atoms with Crippen molar-refractivity contribution in [2.24, 2.45) is 0 Å². The standard InChI is InChI=1S/C41H23N3O2/c1-2-11-26(12-3-1)39-42-40(31-16-8-13-25-21-22-29-28-15-6-7-18-33(28)45-38(29)35(25)31)44-41(43-39)32-17-9-19-34-36(32)30-23-20-24-10-4-5-14-27(24)37(30)46-34/h1-23H. The van der Waals surface area contributed by atoms with E-state index in [-0.39, 0.29) is 0 Å². The fraction of sp³-hybridized carbons (Fsp3) is 0. The van der Waals surface area contributed by atoms with Crippen molar-refractivity contribution >= 4 is 65.4 Å². The zero-order valence-corrected chi connectivity index (χ0v) is 24.4. The van der Waals surface area contributed by atoms with Crippen LogP contribution in [-0.2, 0) is 0 Å². The Labute approximate surface area is 262 Å². The van der Waals surface area contributed by atoms with Crippen molar-refractivity contribution in [1.29, 1.82) is 0 Å². The van der Waals surface area contributed by atoms with Gasteiger partial charge in [0, 0.05) is 49.0 Å². The highest BCUT2D eigenvalue weighted by Gasteiger charge is 2.21. The van der Waals surface area contributed by atoms with E-state index in [1.165, 1.54) is 0 Å². The van der Waals surface area contributed by atoms with Crippen LogP contribution in [0.4, 0.5) is 0 Å². The van der Waals surface area contributed by atoms with Crippen molar-refractivity contribution in [2.45, 2.75) is 0 Å². The molecule has 10 rings (SSSR count). The minimum absolute atomic E-state index is 0.581. The molecule has 5 heteroatoms. The van der Waals surface area contributed by atoms with Crippen LogP contribution in [0.15, 0.2) is 148 Å². The van der Waals surface area contributed by atoms with E-state index in [2.05, 4.69) is 60.7 Å². The van der Waals surface area contributed by atoms with Gasteiger partial charge in [-0.3, -0.25) is 0 Å². The van der Waals surface area contributed by atoms with E-state index in [4.69, 9.17) is 23.8 Å². The van der Waals surface area contributed by atoms with E-state index in [1.807, 2.05) is 78.9 Å². The molecular formula is C41H23N3O2. The van der Waals surface area contributed by atoms with Gasteiger partial charge in [-0.05, 0) is 35.0 Å². The molecule has 0 saturated heterocycles. The monoisotopic (exact) mass is 589 g/mol. The average molecular weight is 590 g/mol. The SMILES string of the molecule is c1ccc(-c2nc(-c3cccc4oc5c6ccccc6ccc5c34)nc(-c3cccc4ccc5c6ccccc6oc5c34)n2)cc1. The Balaban J connectivity index is 1.29. The molecule has 0 amide bonds. The molecule has 0 atom stereocenters. The van der Waals surface area contributed by atoms with Crippen molar-refractivity contribution in [3.05, 3.63) is 140 Å². The second kappa shape index (κ2) is 9.58. The second-order valence-corrected chi connectivity index (χ2v) is 11.6. The molecule has 0 aliphatic carbocycles. The molecule has 7 aromatic carbocycles. The molecule has 3 heterocycles. The number of aromatic nitrogens is 3. The maximum atomic E-state index is 6.51. The minimum atomic E-state index is 0.581. The van der Waals surface area contributed by atoms with Gasteiger partial charge in [0.25, 0.3) is 0 Å². The van der Waals surface area contributed by atoms with Crippen LogP contribution < -0.4 is 0 Å². The summed E-state index contributed by atoms with van der Waals surface area (Å²) in [6, 6.07) is 47.4. The third kappa shape index (κ3) is 3.66. The molecule has 46 heavy (non-hydrogen) atoms. The van der Waals surface area contributed by atoms with Crippen LogP contribution in [0.3, 0.4) is 0 Å². The molecule has 5 nitrogen and oxygen atoms in total. The summed E-state index contributed by atoms with van der Waals surface area (Å²) in [5, 5.41) is 8.41. The van der Waals surface area contributed by atoms with Gasteiger partial charge in [0.15, 0.2) is 17.5 Å². The molecule has 0 aliphatic rings. The van der Waals surface area contributed by atoms with Gasteiger partial charge in [0.05, 0.1) is 0 Å². The van der Waals surface area contributed by atoms with Crippen LogP contribution in [0, 0.1) is 0 Å². The predicted molar refractivity (Wildman–Crippen MR) is 186 cm³/mol. The summed E-state index contributed by atoms with van der Waals surface area (Å²) in [6.45, 7) is 0. The lowest BCUT2D eigenvalue weighted by Gasteiger charge is -2.11. The first-order valence-electron chi connectivity index (χ1n) is 15.3. The largest absolute Gasteiger partial charge is 0.455 e. The quantitative estimate of drug-likeness (QED) is 0.205. The van der Waals surface area contributed by atoms with Crippen LogP contribution >= 0.6 is 0 Å². The number of furan rings is 2. The highest BCUT2D eigenvalue weighted by molar-refractivity contribution is 6.20. The zero-order chi connectivity index (χ0) is 30.2. The molecule has 0 aliphatic heterocycles. The normalized spacial score (nSPS) is 11.9. The second-order valence-electron chi connectivity index (χ2n) is 11.6. The van der Waals surface area contributed by atoms with Gasteiger partial charge in [-0.15, -0.1) is 0 Å². The molecular weight excluding hydrogens is 566 g/mol. The summed E-state index contributed by atoms with van der Waals surface area (Å²) < 4.78 is 13.0. The Bertz CT molecular complexity index is 2810. The fourth-order valence-electron chi connectivity index (χ4n) is 6.81. The first kappa shape index (κ1) is 25.0. The highest BCUT2D eigenvalue weighted by atomic mass is 16.3. The molecule has 0 radical (unpaired) electrons. The number of benzene rings is 7. The lowest BCUT2D eigenvalue weighted by molar-refractivity contribution is 0.672. The smallest absolute Gasteiger partial charge is 0.164 e. The molecule has 0 spiro atoms. The Morgan fingerprint density at radius 3 is 1.83 bits per heavy atom. The molecule has 3 aromatic heterocycles. The van der Waals surface area contributed by atoms with E-state index in [9.17, 15) is 0 Å². The molecule has 0 unspecified atom stereocenters. The summed E-state index contributed by atoms with van der Waals surface area (Å²) in [5.41, 5.74) is 6.02. The average Bonchev–Trinajstić information content (AvgIpc) is 3.71. The van der Waals surface area contributed by atoms with E-state index in [0.29, 0.717) is 17.5 Å². The molecule has 0 fully saturated rings. The number of nitrogens with zero attached hydrogens (tertiary/aromatic N) is 3. The molecule has 0 N–H and O–H groups in total. The van der Waals surface area contributed by atoms with E-state index >= 15 is 0 Å². The van der Waals surface area contributed by atoms with Crippen LogP contribution in [0.5, 0.6) is 0 Å². The number of para-hydroxylation sites is 1. The number of fused-ring (bicyclic) bond motifs is 10. The topological polar surface area (TPSA) is 65.0 Å². The molecule has 10 aromatic rings. The van der Waals surface area contributed by atoms with E-state index in [0.717, 1.165) is 82.1 Å². The third-order valence-electron chi connectivity index (χ3n) is 8.92. The van der Waals surface area contributed by atoms with Crippen molar-refractivity contribution in [1.82, 2.24) is 15.0 Å². The van der Waals surface area contributed by atoms with Crippen molar-refractivity contribution in [3.8, 4) is 34.2 Å². The van der Waals surface area contributed by atoms with Gasteiger partial charge in [0.2, 0.25) is 0 Å². The maximum absolute atomic E-state index is 6.51. The lowest BCUT2D eigenvalue weighted by Crippen LogP contribution is -2.01. The van der Waals surface area contributed by atoms with Gasteiger partial charge in [0.1, 0.15) is 22.3 Å². The summed E-state index contributed by atoms with van der Waals surface area (Å²) in [7, 11) is 0. The molecule has 0 saturated carbocycles. The van der Waals surface area contributed by atoms with Crippen LogP contribution in [0.25, 0.3) is 99.6 Å². The molecule has 0 bridgehead atoms. The first-order chi connectivity index (χ1) is 22.8. The predicted octanol–water partition coefficient (Wildman–Crippen LogP) is 11.0. The van der Waals surface area contributed by atoms with Gasteiger partial charge in [-0.25, -0.2) is 15.0 Å². The Morgan fingerprint density at radius 2 is 0.957 bits per heavy atom. The van der Waals surface area contributed by atoms with Crippen molar-refractivity contribution in [2.75, 3.05) is 0 Å². The number of hydrogen-bond donors (Lipinski definition) is 0. The Kier molecular flexibility index (Phi) is 5.22. The number of rotatable bonds is 3. The van der Waals surface area contributed by atoms with Crippen molar-refractivity contribution in [3.63, 3.8) is 0 Å². The van der Waals surface area contributed by atoms with Gasteiger partial charge < -0.3 is 8.83 Å². The van der Waals surface area contributed by atoms with Crippen LogP contribution in [0.1, 0.15) is 0 Å². The lowest BCUT2D eigenvalue weighted by atomic mass is 10.00. The summed E-state index contributed by atoms with van der Waals surface area (Å²) in [6.07, 6.45) is 0. The summed E-state index contributed by atoms with van der Waals surface area (Å²) >= 11 is 0. The van der Waals surface area contributed by atoms with Gasteiger partial charge in [-0.2, -0.15) is 0 Å². The number of hydrogen-bond acceptors (Lipinski definition) is 5. The van der Waals surface area contributed by atoms with Crippen molar-refractivity contribution < 1.29 is 8.83 Å². The summed E-state index contributed by atoms with van der Waals surface area (Å²) in [4.78, 5) is 15.4. The maximum Gasteiger partial charge on any atom is 0.164 e. The molecule has 214 valence electrons. The summed E-state index contributed by atoms with van der Waals surface area (Å²) in [5.74, 6) is 1.77. The van der Waals surface area contributed by atoms with Gasteiger partial charge >= 0.3 is 0 Å². The first-order valence-corrected chi connectivity index (χ1v) is 15.3. The third-order valence-corrected chi connectivity index (χ3v) is 8.92. The Morgan fingerprint density at radius 1 is 0.348 bits per heavy atom. The highest BCUT2D eigenvalue weighted by Crippen LogP contribution is 2.41.